The minimum atomic E-state index is 0.195. The van der Waals surface area contributed by atoms with Crippen molar-refractivity contribution in [1.82, 2.24) is 9.36 Å². The first-order chi connectivity index (χ1) is 8.29. The summed E-state index contributed by atoms with van der Waals surface area (Å²) in [5.74, 6) is 1.47. The van der Waals surface area contributed by atoms with E-state index in [1.165, 1.54) is 11.5 Å². The fraction of sp³-hybridized carbons (Fsp3) is 0.818. The zero-order valence-corrected chi connectivity index (χ0v) is 10.7. The molecule has 2 fully saturated rings. The third-order valence-electron chi connectivity index (χ3n) is 3.68. The van der Waals surface area contributed by atoms with Crippen LogP contribution in [-0.4, -0.2) is 34.2 Å². The Morgan fingerprint density at radius 3 is 3.29 bits per heavy atom. The minimum Gasteiger partial charge on any atom is -0.376 e. The highest BCUT2D eigenvalue weighted by molar-refractivity contribution is 7.09. The monoisotopic (exact) mass is 254 g/mol. The molecule has 1 aliphatic carbocycles. The first-order valence-electron chi connectivity index (χ1n) is 6.26. The third kappa shape index (κ3) is 1.94. The van der Waals surface area contributed by atoms with Crippen molar-refractivity contribution in [2.45, 2.75) is 44.4 Å². The molecule has 3 rings (SSSR count). The number of rotatable bonds is 4. The Labute approximate surface area is 105 Å². The fourth-order valence-electron chi connectivity index (χ4n) is 2.71. The average Bonchev–Trinajstić information content (AvgIpc) is 2.93. The Bertz CT molecular complexity index is 397. The van der Waals surface area contributed by atoms with Gasteiger partial charge in [0.05, 0.1) is 12.1 Å². The summed E-state index contributed by atoms with van der Waals surface area (Å²) in [5, 5.41) is 4.25. The van der Waals surface area contributed by atoms with E-state index in [4.69, 9.17) is 10.5 Å². The van der Waals surface area contributed by atoms with Crippen LogP contribution in [0.4, 0.5) is 5.13 Å². The zero-order chi connectivity index (χ0) is 11.8. The van der Waals surface area contributed by atoms with E-state index in [9.17, 15) is 0 Å². The normalized spacial score (nSPS) is 35.4. The van der Waals surface area contributed by atoms with Crippen LogP contribution in [0, 0.1) is 5.92 Å². The maximum atomic E-state index is 6.14. The Balaban J connectivity index is 1.62. The summed E-state index contributed by atoms with van der Waals surface area (Å²) < 4.78 is 9.99. The molecule has 4 atom stereocenters. The zero-order valence-electron chi connectivity index (χ0n) is 9.93. The van der Waals surface area contributed by atoms with E-state index in [2.05, 4.69) is 21.6 Å². The second kappa shape index (κ2) is 4.51. The number of aryl methyl sites for hydroxylation is 1. The minimum absolute atomic E-state index is 0.195. The second-order valence-electron chi connectivity index (χ2n) is 4.80. The topological polar surface area (TPSA) is 73.1 Å². The number of nitrogens with zero attached hydrogens (tertiary/aromatic N) is 2. The lowest BCUT2D eigenvalue weighted by molar-refractivity contribution is 0.00537. The summed E-state index contributed by atoms with van der Waals surface area (Å²) in [6, 6.07) is 0.408. The van der Waals surface area contributed by atoms with Crippen molar-refractivity contribution in [2.75, 3.05) is 11.9 Å². The van der Waals surface area contributed by atoms with E-state index in [0.717, 1.165) is 36.8 Å². The molecule has 0 radical (unpaired) electrons. The summed E-state index contributed by atoms with van der Waals surface area (Å²) in [6.45, 7) is 2.98. The summed E-state index contributed by atoms with van der Waals surface area (Å²) >= 11 is 1.42. The molecule has 6 heteroatoms. The number of hydrogen-bond donors (Lipinski definition) is 2. The molecule has 0 amide bonds. The van der Waals surface area contributed by atoms with Gasteiger partial charge in [0.1, 0.15) is 5.82 Å². The van der Waals surface area contributed by atoms with Gasteiger partial charge in [-0.2, -0.15) is 4.37 Å². The molecule has 1 aromatic rings. The second-order valence-corrected chi connectivity index (χ2v) is 5.55. The summed E-state index contributed by atoms with van der Waals surface area (Å²) in [6.07, 6.45) is 3.40. The number of nitrogens with two attached hydrogens (primary N) is 1. The van der Waals surface area contributed by atoms with Gasteiger partial charge in [-0.25, -0.2) is 4.98 Å². The lowest BCUT2D eigenvalue weighted by Crippen LogP contribution is -2.65. The Hall–Kier alpha value is -0.720. The SMILES string of the molecule is CCCc1nsc(NC2C(N)C3CCOC32)n1. The van der Waals surface area contributed by atoms with Gasteiger partial charge in [0.2, 0.25) is 5.13 Å². The molecule has 3 N–H and O–H groups in total. The number of fused-ring (bicyclic) bond motifs is 1. The van der Waals surface area contributed by atoms with Crippen LogP contribution in [-0.2, 0) is 11.2 Å². The smallest absolute Gasteiger partial charge is 0.202 e. The predicted molar refractivity (Wildman–Crippen MR) is 67.1 cm³/mol. The molecular weight excluding hydrogens is 236 g/mol. The number of aromatic nitrogens is 2. The van der Waals surface area contributed by atoms with Crippen molar-refractivity contribution < 1.29 is 4.74 Å². The van der Waals surface area contributed by atoms with Crippen molar-refractivity contribution in [2.24, 2.45) is 11.7 Å². The van der Waals surface area contributed by atoms with Crippen LogP contribution < -0.4 is 11.1 Å². The van der Waals surface area contributed by atoms with E-state index in [0.29, 0.717) is 5.92 Å². The molecule has 1 aliphatic heterocycles. The number of hydrogen-bond acceptors (Lipinski definition) is 6. The molecule has 1 saturated heterocycles. The van der Waals surface area contributed by atoms with Crippen LogP contribution in [0.3, 0.4) is 0 Å². The first kappa shape index (κ1) is 11.4. The molecule has 0 spiro atoms. The van der Waals surface area contributed by atoms with Crippen LogP contribution in [0.2, 0.25) is 0 Å². The Morgan fingerprint density at radius 1 is 1.59 bits per heavy atom. The number of ether oxygens (including phenoxy) is 1. The molecule has 2 aliphatic rings. The maximum Gasteiger partial charge on any atom is 0.202 e. The summed E-state index contributed by atoms with van der Waals surface area (Å²) in [5.41, 5.74) is 6.14. The standard InChI is InChI=1S/C11H18N4OS/c1-2-3-7-13-11(17-15-7)14-9-8(12)6-4-5-16-10(6)9/h6,8-10H,2-5,12H2,1H3,(H,13,14,15). The van der Waals surface area contributed by atoms with Gasteiger partial charge < -0.3 is 15.8 Å². The number of anilines is 1. The molecule has 1 saturated carbocycles. The summed E-state index contributed by atoms with van der Waals surface area (Å²) in [4.78, 5) is 4.46. The van der Waals surface area contributed by atoms with E-state index in [-0.39, 0.29) is 18.2 Å². The maximum absolute atomic E-state index is 6.14. The van der Waals surface area contributed by atoms with E-state index < -0.39 is 0 Å². The van der Waals surface area contributed by atoms with Gasteiger partial charge in [-0.05, 0) is 12.8 Å². The molecule has 1 aromatic heterocycles. The van der Waals surface area contributed by atoms with Crippen molar-refractivity contribution in [3.05, 3.63) is 5.82 Å². The van der Waals surface area contributed by atoms with Crippen molar-refractivity contribution in [3.63, 3.8) is 0 Å². The lowest BCUT2D eigenvalue weighted by Gasteiger charge is -2.45. The highest BCUT2D eigenvalue weighted by atomic mass is 32.1. The predicted octanol–water partition coefficient (Wildman–Crippen LogP) is 1.02. The molecule has 94 valence electrons. The first-order valence-corrected chi connectivity index (χ1v) is 7.03. The Morgan fingerprint density at radius 2 is 2.47 bits per heavy atom. The molecule has 0 aromatic carbocycles. The van der Waals surface area contributed by atoms with Crippen molar-refractivity contribution >= 4 is 16.7 Å². The van der Waals surface area contributed by atoms with Gasteiger partial charge in [0, 0.05) is 36.5 Å². The Kier molecular flexibility index (Phi) is 3.02. The highest BCUT2D eigenvalue weighted by Crippen LogP contribution is 2.39. The molecular formula is C11H18N4OS. The lowest BCUT2D eigenvalue weighted by atomic mass is 9.72. The quantitative estimate of drug-likeness (QED) is 0.839. The van der Waals surface area contributed by atoms with E-state index in [1.807, 2.05) is 0 Å². The third-order valence-corrected chi connectivity index (χ3v) is 4.36. The van der Waals surface area contributed by atoms with Crippen molar-refractivity contribution in [3.8, 4) is 0 Å². The van der Waals surface area contributed by atoms with Gasteiger partial charge >= 0.3 is 0 Å². The highest BCUT2D eigenvalue weighted by Gasteiger charge is 2.52. The molecule has 4 unspecified atom stereocenters. The van der Waals surface area contributed by atoms with Gasteiger partial charge in [-0.15, -0.1) is 0 Å². The molecule has 0 bridgehead atoms. The van der Waals surface area contributed by atoms with Crippen molar-refractivity contribution in [1.29, 1.82) is 0 Å². The van der Waals surface area contributed by atoms with Crippen LogP contribution in [0.5, 0.6) is 0 Å². The van der Waals surface area contributed by atoms with Gasteiger partial charge in [0.15, 0.2) is 0 Å². The van der Waals surface area contributed by atoms with Gasteiger partial charge in [0.25, 0.3) is 0 Å². The van der Waals surface area contributed by atoms with E-state index >= 15 is 0 Å². The largest absolute Gasteiger partial charge is 0.376 e. The van der Waals surface area contributed by atoms with E-state index in [1.54, 1.807) is 0 Å². The number of nitrogens with one attached hydrogen (secondary N) is 1. The van der Waals surface area contributed by atoms with Crippen LogP contribution >= 0.6 is 11.5 Å². The molecule has 17 heavy (non-hydrogen) atoms. The molecule has 5 nitrogen and oxygen atoms in total. The van der Waals surface area contributed by atoms with Gasteiger partial charge in [-0.1, -0.05) is 6.92 Å². The van der Waals surface area contributed by atoms with Gasteiger partial charge in [-0.3, -0.25) is 0 Å². The van der Waals surface area contributed by atoms with Crippen LogP contribution in [0.15, 0.2) is 0 Å². The van der Waals surface area contributed by atoms with Crippen LogP contribution in [0.1, 0.15) is 25.6 Å². The summed E-state index contributed by atoms with van der Waals surface area (Å²) in [7, 11) is 0. The molecule has 2 heterocycles. The average molecular weight is 254 g/mol. The fourth-order valence-corrected chi connectivity index (χ4v) is 3.37. The van der Waals surface area contributed by atoms with Crippen LogP contribution in [0.25, 0.3) is 0 Å².